The van der Waals surface area contributed by atoms with Crippen LogP contribution in [0.2, 0.25) is 5.02 Å². The Bertz CT molecular complexity index is 611. The summed E-state index contributed by atoms with van der Waals surface area (Å²) in [7, 11) is 0. The van der Waals surface area contributed by atoms with Gasteiger partial charge in [0.05, 0.1) is 4.92 Å². The van der Waals surface area contributed by atoms with E-state index in [4.69, 9.17) is 17.3 Å². The number of rotatable bonds is 4. The minimum Gasteiger partial charge on any atom is -0.324 e. The first-order valence-corrected chi connectivity index (χ1v) is 6.29. The van der Waals surface area contributed by atoms with E-state index >= 15 is 0 Å². The first kappa shape index (κ1) is 14.4. The average Bonchev–Trinajstić information content (AvgIpc) is 2.39. The van der Waals surface area contributed by atoms with Crippen molar-refractivity contribution in [2.45, 2.75) is 12.5 Å². The predicted molar refractivity (Wildman–Crippen MR) is 75.1 cm³/mol. The molecule has 0 aliphatic heterocycles. The molecule has 0 aliphatic rings. The van der Waals surface area contributed by atoms with Gasteiger partial charge in [-0.2, -0.15) is 0 Å². The van der Waals surface area contributed by atoms with Crippen molar-refractivity contribution in [3.05, 3.63) is 74.5 Å². The highest BCUT2D eigenvalue weighted by Gasteiger charge is 2.16. The summed E-state index contributed by atoms with van der Waals surface area (Å²) >= 11 is 5.95. The summed E-state index contributed by atoms with van der Waals surface area (Å²) in [5, 5.41) is 10.8. The molecule has 0 bridgehead atoms. The first-order valence-electron chi connectivity index (χ1n) is 5.92. The van der Waals surface area contributed by atoms with E-state index in [1.807, 2.05) is 0 Å². The number of benzene rings is 2. The summed E-state index contributed by atoms with van der Waals surface area (Å²) in [5.41, 5.74) is 7.01. The van der Waals surface area contributed by atoms with Gasteiger partial charge in [-0.25, -0.2) is 4.39 Å². The van der Waals surface area contributed by atoms with Gasteiger partial charge in [0.25, 0.3) is 5.69 Å². The molecule has 0 amide bonds. The average molecular weight is 295 g/mol. The quantitative estimate of drug-likeness (QED) is 0.691. The van der Waals surface area contributed by atoms with Crippen LogP contribution in [0.1, 0.15) is 17.2 Å². The fourth-order valence-corrected chi connectivity index (χ4v) is 2.28. The number of non-ortho nitro benzene ring substituents is 1. The summed E-state index contributed by atoms with van der Waals surface area (Å²) in [6.45, 7) is 0. The molecule has 0 saturated heterocycles. The zero-order valence-corrected chi connectivity index (χ0v) is 11.2. The van der Waals surface area contributed by atoms with Gasteiger partial charge in [-0.05, 0) is 24.1 Å². The number of nitro groups is 1. The fourth-order valence-electron chi connectivity index (χ4n) is 1.97. The monoisotopic (exact) mass is 294 g/mol. The maximum Gasteiger partial charge on any atom is 0.269 e. The number of nitrogens with two attached hydrogens (primary N) is 1. The van der Waals surface area contributed by atoms with E-state index in [0.717, 1.165) is 5.56 Å². The highest BCUT2D eigenvalue weighted by Crippen LogP contribution is 2.27. The molecule has 104 valence electrons. The van der Waals surface area contributed by atoms with Crippen LogP contribution < -0.4 is 5.73 Å². The topological polar surface area (TPSA) is 69.2 Å². The van der Waals surface area contributed by atoms with Crippen molar-refractivity contribution < 1.29 is 9.31 Å². The van der Waals surface area contributed by atoms with Crippen molar-refractivity contribution >= 4 is 17.3 Å². The van der Waals surface area contributed by atoms with Crippen LogP contribution in [0.25, 0.3) is 0 Å². The molecule has 0 saturated carbocycles. The molecule has 1 atom stereocenters. The SMILES string of the molecule is NC(Cc1ccc([N+](=O)[O-])cc1)c1c(F)cccc1Cl. The van der Waals surface area contributed by atoms with Crippen LogP contribution >= 0.6 is 11.6 Å². The molecule has 2 rings (SSSR count). The normalized spacial score (nSPS) is 12.2. The number of hydrogen-bond acceptors (Lipinski definition) is 3. The smallest absolute Gasteiger partial charge is 0.269 e. The van der Waals surface area contributed by atoms with Crippen LogP contribution in [0.3, 0.4) is 0 Å². The van der Waals surface area contributed by atoms with E-state index in [9.17, 15) is 14.5 Å². The van der Waals surface area contributed by atoms with Gasteiger partial charge in [-0.15, -0.1) is 0 Å². The fraction of sp³-hybridized carbons (Fsp3) is 0.143. The Morgan fingerprint density at radius 3 is 2.45 bits per heavy atom. The Hall–Kier alpha value is -1.98. The summed E-state index contributed by atoms with van der Waals surface area (Å²) in [5.74, 6) is -0.452. The van der Waals surface area contributed by atoms with Gasteiger partial charge in [-0.3, -0.25) is 10.1 Å². The molecular formula is C14H12ClFN2O2. The van der Waals surface area contributed by atoms with Crippen molar-refractivity contribution in [3.63, 3.8) is 0 Å². The Balaban J connectivity index is 2.19. The summed E-state index contributed by atoms with van der Waals surface area (Å²) < 4.78 is 13.7. The molecule has 0 heterocycles. The lowest BCUT2D eigenvalue weighted by Crippen LogP contribution is -2.15. The minimum atomic E-state index is -0.606. The number of halogens is 2. The molecule has 6 heteroatoms. The molecule has 0 aromatic heterocycles. The standard InChI is InChI=1S/C14H12ClFN2O2/c15-11-2-1-3-12(16)14(11)13(17)8-9-4-6-10(7-5-9)18(19)20/h1-7,13H,8,17H2. The molecule has 2 aromatic carbocycles. The van der Waals surface area contributed by atoms with E-state index in [-0.39, 0.29) is 16.3 Å². The molecule has 2 N–H and O–H groups in total. The summed E-state index contributed by atoms with van der Waals surface area (Å²) in [6.07, 6.45) is 0.346. The van der Waals surface area contributed by atoms with Gasteiger partial charge in [-0.1, -0.05) is 29.8 Å². The second-order valence-electron chi connectivity index (χ2n) is 4.37. The number of hydrogen-bond donors (Lipinski definition) is 1. The van der Waals surface area contributed by atoms with E-state index in [2.05, 4.69) is 0 Å². The van der Waals surface area contributed by atoms with Crippen LogP contribution in [0.15, 0.2) is 42.5 Å². The van der Waals surface area contributed by atoms with Crippen molar-refractivity contribution in [2.24, 2.45) is 5.73 Å². The van der Waals surface area contributed by atoms with Crippen LogP contribution in [-0.2, 0) is 6.42 Å². The molecule has 1 unspecified atom stereocenters. The number of nitrogens with zero attached hydrogens (tertiary/aromatic N) is 1. The van der Waals surface area contributed by atoms with E-state index in [1.165, 1.54) is 24.3 Å². The van der Waals surface area contributed by atoms with Gasteiger partial charge >= 0.3 is 0 Å². The molecule has 0 aliphatic carbocycles. The van der Waals surface area contributed by atoms with Gasteiger partial charge in [0, 0.05) is 28.8 Å². The van der Waals surface area contributed by atoms with Crippen molar-refractivity contribution in [2.75, 3.05) is 0 Å². The Kier molecular flexibility index (Phi) is 4.32. The lowest BCUT2D eigenvalue weighted by atomic mass is 9.99. The zero-order valence-electron chi connectivity index (χ0n) is 10.4. The van der Waals surface area contributed by atoms with Gasteiger partial charge in [0.2, 0.25) is 0 Å². The lowest BCUT2D eigenvalue weighted by Gasteiger charge is -2.14. The summed E-state index contributed by atoms with van der Waals surface area (Å²) in [6, 6.07) is 9.78. The van der Waals surface area contributed by atoms with Crippen molar-refractivity contribution in [1.29, 1.82) is 0 Å². The largest absolute Gasteiger partial charge is 0.324 e. The van der Waals surface area contributed by atoms with Crippen LogP contribution in [0.5, 0.6) is 0 Å². The third kappa shape index (κ3) is 3.12. The van der Waals surface area contributed by atoms with E-state index in [0.29, 0.717) is 6.42 Å². The molecule has 0 spiro atoms. The van der Waals surface area contributed by atoms with Crippen molar-refractivity contribution in [3.8, 4) is 0 Å². The summed E-state index contributed by atoms with van der Waals surface area (Å²) in [4.78, 5) is 10.1. The highest BCUT2D eigenvalue weighted by atomic mass is 35.5. The Morgan fingerprint density at radius 1 is 1.25 bits per heavy atom. The molecule has 0 fully saturated rings. The Labute approximate surface area is 120 Å². The predicted octanol–water partition coefficient (Wildman–Crippen LogP) is 3.63. The van der Waals surface area contributed by atoms with E-state index in [1.54, 1.807) is 18.2 Å². The molecule has 2 aromatic rings. The lowest BCUT2D eigenvalue weighted by molar-refractivity contribution is -0.384. The molecule has 0 radical (unpaired) electrons. The maximum atomic E-state index is 13.7. The maximum absolute atomic E-state index is 13.7. The first-order chi connectivity index (χ1) is 9.49. The zero-order chi connectivity index (χ0) is 14.7. The van der Waals surface area contributed by atoms with E-state index < -0.39 is 16.8 Å². The van der Waals surface area contributed by atoms with Gasteiger partial charge < -0.3 is 5.73 Å². The highest BCUT2D eigenvalue weighted by molar-refractivity contribution is 6.31. The van der Waals surface area contributed by atoms with Crippen LogP contribution in [0, 0.1) is 15.9 Å². The van der Waals surface area contributed by atoms with Gasteiger partial charge in [0.15, 0.2) is 0 Å². The third-order valence-electron chi connectivity index (χ3n) is 2.97. The Morgan fingerprint density at radius 2 is 1.90 bits per heavy atom. The minimum absolute atomic E-state index is 0.00578. The number of nitro benzene ring substituents is 1. The second kappa shape index (κ2) is 5.98. The van der Waals surface area contributed by atoms with Crippen LogP contribution in [-0.4, -0.2) is 4.92 Å². The molecule has 4 nitrogen and oxygen atoms in total. The van der Waals surface area contributed by atoms with Crippen LogP contribution in [0.4, 0.5) is 10.1 Å². The van der Waals surface area contributed by atoms with Gasteiger partial charge in [0.1, 0.15) is 5.82 Å². The molecular weight excluding hydrogens is 283 g/mol. The van der Waals surface area contributed by atoms with Crippen molar-refractivity contribution in [1.82, 2.24) is 0 Å². The third-order valence-corrected chi connectivity index (χ3v) is 3.30. The second-order valence-corrected chi connectivity index (χ2v) is 4.78. The molecule has 20 heavy (non-hydrogen) atoms.